The summed E-state index contributed by atoms with van der Waals surface area (Å²) in [7, 11) is 0. The molecule has 1 saturated heterocycles. The Kier molecular flexibility index (Phi) is 4.72. The first-order valence-electron chi connectivity index (χ1n) is 8.30. The summed E-state index contributed by atoms with van der Waals surface area (Å²) in [6.45, 7) is 1.20. The number of nitro groups is 1. The summed E-state index contributed by atoms with van der Waals surface area (Å²) >= 11 is 0. The number of benzene rings is 1. The van der Waals surface area contributed by atoms with E-state index < -0.39 is 10.5 Å². The number of aromatic amines is 1. The van der Waals surface area contributed by atoms with Gasteiger partial charge in [0.1, 0.15) is 0 Å². The van der Waals surface area contributed by atoms with E-state index in [0.717, 1.165) is 12.8 Å². The van der Waals surface area contributed by atoms with Gasteiger partial charge in [-0.05, 0) is 30.7 Å². The van der Waals surface area contributed by atoms with Crippen molar-refractivity contribution >= 4 is 34.9 Å². The number of halogens is 1. The van der Waals surface area contributed by atoms with E-state index in [4.69, 9.17) is 5.73 Å². The molecule has 1 aromatic heterocycles. The summed E-state index contributed by atoms with van der Waals surface area (Å²) < 4.78 is 0. The second kappa shape index (κ2) is 6.69. The normalized spacial score (nSPS) is 24.3. The molecule has 26 heavy (non-hydrogen) atoms. The van der Waals surface area contributed by atoms with Crippen LogP contribution >= 0.6 is 12.4 Å². The smallest absolute Gasteiger partial charge is 0.270 e. The van der Waals surface area contributed by atoms with Crippen molar-refractivity contribution in [3.63, 3.8) is 0 Å². The third kappa shape index (κ3) is 2.95. The van der Waals surface area contributed by atoms with E-state index in [2.05, 4.69) is 4.98 Å². The standard InChI is InChI=1S/C17H18N4O4.ClH/c18-14-3-1-9-7-20(8-13(9)14)17(23)12-6-16(22)19-15-4-2-10(21(24)25)5-11(12)15;/h2,4-6,9,13-14H,1,3,7-8,18H2,(H,19,22);1H. The van der Waals surface area contributed by atoms with Crippen molar-refractivity contribution in [3.05, 3.63) is 50.3 Å². The van der Waals surface area contributed by atoms with Gasteiger partial charge < -0.3 is 15.6 Å². The van der Waals surface area contributed by atoms with Crippen LogP contribution in [0.3, 0.4) is 0 Å². The molecule has 1 aromatic carbocycles. The number of carbonyl (C=O) groups excluding carboxylic acids is 1. The number of nitrogens with two attached hydrogens (primary N) is 1. The molecule has 2 aromatic rings. The predicted molar refractivity (Wildman–Crippen MR) is 98.6 cm³/mol. The van der Waals surface area contributed by atoms with Gasteiger partial charge in [0.15, 0.2) is 0 Å². The Morgan fingerprint density at radius 2 is 2.04 bits per heavy atom. The molecule has 8 nitrogen and oxygen atoms in total. The molecule has 138 valence electrons. The molecule has 2 fully saturated rings. The van der Waals surface area contributed by atoms with E-state index in [0.29, 0.717) is 35.8 Å². The molecule has 0 radical (unpaired) electrons. The molecule has 3 N–H and O–H groups in total. The minimum absolute atomic E-state index is 0. The molecule has 1 amide bonds. The van der Waals surface area contributed by atoms with Crippen LogP contribution in [0.25, 0.3) is 10.9 Å². The number of carbonyl (C=O) groups is 1. The first-order valence-corrected chi connectivity index (χ1v) is 8.30. The van der Waals surface area contributed by atoms with Crippen molar-refractivity contribution in [2.75, 3.05) is 13.1 Å². The first kappa shape index (κ1) is 18.3. The number of hydrogen-bond acceptors (Lipinski definition) is 5. The molecule has 1 aliphatic carbocycles. The van der Waals surface area contributed by atoms with Gasteiger partial charge in [-0.25, -0.2) is 0 Å². The van der Waals surface area contributed by atoms with Crippen LogP contribution in [0, 0.1) is 22.0 Å². The topological polar surface area (TPSA) is 122 Å². The zero-order valence-corrected chi connectivity index (χ0v) is 14.7. The molecule has 0 bridgehead atoms. The number of rotatable bonds is 2. The number of nitrogens with zero attached hydrogens (tertiary/aromatic N) is 2. The maximum absolute atomic E-state index is 13.0. The highest BCUT2D eigenvalue weighted by Crippen LogP contribution is 2.38. The summed E-state index contributed by atoms with van der Waals surface area (Å²) in [5.74, 6) is 0.436. The number of non-ortho nitro benzene ring substituents is 1. The Morgan fingerprint density at radius 3 is 2.73 bits per heavy atom. The van der Waals surface area contributed by atoms with Gasteiger partial charge in [-0.15, -0.1) is 12.4 Å². The van der Waals surface area contributed by atoms with Crippen molar-refractivity contribution in [2.45, 2.75) is 18.9 Å². The van der Waals surface area contributed by atoms with Gasteiger partial charge in [0.25, 0.3) is 11.6 Å². The van der Waals surface area contributed by atoms with Gasteiger partial charge in [0, 0.05) is 48.2 Å². The Morgan fingerprint density at radius 1 is 1.27 bits per heavy atom. The van der Waals surface area contributed by atoms with Crippen LogP contribution in [-0.4, -0.2) is 39.8 Å². The molecule has 9 heteroatoms. The van der Waals surface area contributed by atoms with E-state index in [9.17, 15) is 19.7 Å². The number of aromatic nitrogens is 1. The fraction of sp³-hybridized carbons (Fsp3) is 0.412. The van der Waals surface area contributed by atoms with E-state index in [-0.39, 0.29) is 35.6 Å². The molecule has 4 rings (SSSR count). The van der Waals surface area contributed by atoms with Crippen LogP contribution in [0.5, 0.6) is 0 Å². The van der Waals surface area contributed by atoms with Crippen LogP contribution in [0.2, 0.25) is 0 Å². The van der Waals surface area contributed by atoms with E-state index in [1.54, 1.807) is 4.90 Å². The monoisotopic (exact) mass is 378 g/mol. The Hall–Kier alpha value is -2.45. The summed E-state index contributed by atoms with van der Waals surface area (Å²) in [5, 5.41) is 11.4. The lowest BCUT2D eigenvalue weighted by Gasteiger charge is -2.19. The SMILES string of the molecule is Cl.NC1CCC2CN(C(=O)c3cc(=O)[nH]c4ccc([N+](=O)[O-])cc34)CC12. The van der Waals surface area contributed by atoms with E-state index in [1.165, 1.54) is 24.3 Å². The van der Waals surface area contributed by atoms with Crippen LogP contribution in [0.15, 0.2) is 29.1 Å². The summed E-state index contributed by atoms with van der Waals surface area (Å²) in [6.07, 6.45) is 1.99. The zero-order chi connectivity index (χ0) is 17.7. The summed E-state index contributed by atoms with van der Waals surface area (Å²) in [6, 6.07) is 5.44. The summed E-state index contributed by atoms with van der Waals surface area (Å²) in [4.78, 5) is 39.8. The van der Waals surface area contributed by atoms with Crippen molar-refractivity contribution < 1.29 is 9.72 Å². The minimum atomic E-state index is -0.516. The number of likely N-dealkylation sites (tertiary alicyclic amines) is 1. The van der Waals surface area contributed by atoms with Crippen LogP contribution in [-0.2, 0) is 0 Å². The lowest BCUT2D eigenvalue weighted by atomic mass is 9.98. The molecular formula is C17H19ClN4O4. The second-order valence-electron chi connectivity index (χ2n) is 6.91. The molecule has 2 aliphatic rings. The molecular weight excluding hydrogens is 360 g/mol. The quantitative estimate of drug-likeness (QED) is 0.607. The number of pyridine rings is 1. The van der Waals surface area contributed by atoms with Gasteiger partial charge in [0.05, 0.1) is 10.5 Å². The Balaban J connectivity index is 0.00000196. The highest BCUT2D eigenvalue weighted by atomic mass is 35.5. The molecule has 1 aliphatic heterocycles. The highest BCUT2D eigenvalue weighted by Gasteiger charge is 2.42. The van der Waals surface area contributed by atoms with Crippen molar-refractivity contribution in [1.29, 1.82) is 0 Å². The molecule has 1 saturated carbocycles. The lowest BCUT2D eigenvalue weighted by Crippen LogP contribution is -2.34. The van der Waals surface area contributed by atoms with Crippen LogP contribution in [0.4, 0.5) is 5.69 Å². The third-order valence-electron chi connectivity index (χ3n) is 5.47. The van der Waals surface area contributed by atoms with Crippen molar-refractivity contribution in [2.24, 2.45) is 17.6 Å². The van der Waals surface area contributed by atoms with Gasteiger partial charge in [0.2, 0.25) is 5.56 Å². The molecule has 2 heterocycles. The maximum atomic E-state index is 13.0. The van der Waals surface area contributed by atoms with Gasteiger partial charge in [-0.2, -0.15) is 0 Å². The average molecular weight is 379 g/mol. The van der Waals surface area contributed by atoms with Gasteiger partial charge in [-0.1, -0.05) is 0 Å². The van der Waals surface area contributed by atoms with E-state index in [1.807, 2.05) is 0 Å². The lowest BCUT2D eigenvalue weighted by molar-refractivity contribution is -0.384. The van der Waals surface area contributed by atoms with Crippen molar-refractivity contribution in [1.82, 2.24) is 9.88 Å². The number of fused-ring (bicyclic) bond motifs is 2. The summed E-state index contributed by atoms with van der Waals surface area (Å²) in [5.41, 5.74) is 6.22. The van der Waals surface area contributed by atoms with Gasteiger partial charge >= 0.3 is 0 Å². The second-order valence-corrected chi connectivity index (χ2v) is 6.91. The van der Waals surface area contributed by atoms with Crippen LogP contribution < -0.4 is 11.3 Å². The maximum Gasteiger partial charge on any atom is 0.270 e. The number of hydrogen-bond donors (Lipinski definition) is 2. The number of nitrogens with one attached hydrogen (secondary N) is 1. The fourth-order valence-electron chi connectivity index (χ4n) is 4.18. The molecule has 0 spiro atoms. The number of H-pyrrole nitrogens is 1. The largest absolute Gasteiger partial charge is 0.338 e. The number of amides is 1. The van der Waals surface area contributed by atoms with Gasteiger partial charge in [-0.3, -0.25) is 19.7 Å². The number of nitro benzene ring substituents is 1. The molecule has 3 unspecified atom stereocenters. The Bertz CT molecular complexity index is 944. The molecule has 3 atom stereocenters. The van der Waals surface area contributed by atoms with Crippen molar-refractivity contribution in [3.8, 4) is 0 Å². The van der Waals surface area contributed by atoms with E-state index >= 15 is 0 Å². The Labute approximate surface area is 154 Å². The zero-order valence-electron chi connectivity index (χ0n) is 13.9. The third-order valence-corrected chi connectivity index (χ3v) is 5.47. The highest BCUT2D eigenvalue weighted by molar-refractivity contribution is 6.06. The van der Waals surface area contributed by atoms with Crippen LogP contribution in [0.1, 0.15) is 23.2 Å². The fourth-order valence-corrected chi connectivity index (χ4v) is 4.18. The average Bonchev–Trinajstić information content (AvgIpc) is 3.15. The first-order chi connectivity index (χ1) is 11.9. The predicted octanol–water partition coefficient (Wildman–Crippen LogP) is 1.67. The minimum Gasteiger partial charge on any atom is -0.338 e.